The van der Waals surface area contributed by atoms with Crippen LogP contribution in [0.3, 0.4) is 0 Å². The molecule has 0 amide bonds. The minimum Gasteiger partial charge on any atom is -0.480 e. The number of halogens is 1. The van der Waals surface area contributed by atoms with Crippen LogP contribution in [0.1, 0.15) is 1.37 Å². The Balaban J connectivity index is 0. The van der Waals surface area contributed by atoms with Gasteiger partial charge >= 0.3 is 5.97 Å². The molecule has 56 valence electrons. The first kappa shape index (κ1) is 8.68. The van der Waals surface area contributed by atoms with Gasteiger partial charge in [-0.25, -0.2) is 0 Å². The average molecular weight is 157 g/mol. The molecule has 5 heteroatoms. The SMILES string of the molecule is Cl.[2H]CN[C@@H](CO)C(=O)O. The monoisotopic (exact) mass is 156 g/mol. The van der Waals surface area contributed by atoms with E-state index >= 15 is 0 Å². The fourth-order valence-electron chi connectivity index (χ4n) is 0.230. The lowest BCUT2D eigenvalue weighted by molar-refractivity contribution is -0.140. The average Bonchev–Trinajstić information content (AvgIpc) is 1.82. The van der Waals surface area contributed by atoms with Crippen molar-refractivity contribution >= 4 is 18.4 Å². The van der Waals surface area contributed by atoms with Gasteiger partial charge in [-0.1, -0.05) is 0 Å². The largest absolute Gasteiger partial charge is 0.480 e. The van der Waals surface area contributed by atoms with Crippen LogP contribution in [-0.4, -0.2) is 35.9 Å². The molecule has 0 aliphatic carbocycles. The van der Waals surface area contributed by atoms with Crippen LogP contribution in [-0.2, 0) is 4.79 Å². The molecule has 0 aromatic heterocycles. The lowest BCUT2D eigenvalue weighted by atomic mass is 10.3. The molecular formula is C4H10ClNO3. The summed E-state index contributed by atoms with van der Waals surface area (Å²) in [4.78, 5) is 10.0. The van der Waals surface area contributed by atoms with Crippen molar-refractivity contribution in [2.45, 2.75) is 6.04 Å². The summed E-state index contributed by atoms with van der Waals surface area (Å²) >= 11 is 0. The van der Waals surface area contributed by atoms with Crippen molar-refractivity contribution in [2.75, 3.05) is 13.6 Å². The molecule has 0 aromatic carbocycles. The molecule has 0 aliphatic rings. The number of likely N-dealkylation sites (N-methyl/N-ethyl adjacent to an activating group) is 1. The predicted octanol–water partition coefficient (Wildman–Crippen LogP) is -0.927. The second kappa shape index (κ2) is 5.81. The third kappa shape index (κ3) is 4.20. The maximum atomic E-state index is 10.0. The van der Waals surface area contributed by atoms with E-state index in [-0.39, 0.29) is 19.4 Å². The van der Waals surface area contributed by atoms with Crippen molar-refractivity contribution in [3.8, 4) is 0 Å². The fourth-order valence-corrected chi connectivity index (χ4v) is 0.230. The normalized spacial score (nSPS) is 13.2. The Morgan fingerprint density at radius 1 is 2.00 bits per heavy atom. The highest BCUT2D eigenvalue weighted by atomic mass is 35.5. The highest BCUT2D eigenvalue weighted by Gasteiger charge is 2.11. The maximum Gasteiger partial charge on any atom is 0.323 e. The Kier molecular flexibility index (Phi) is 5.60. The summed E-state index contributed by atoms with van der Waals surface area (Å²) in [6.45, 7) is -0.478. The van der Waals surface area contributed by atoms with Gasteiger partial charge in [0.25, 0.3) is 0 Å². The van der Waals surface area contributed by atoms with Gasteiger partial charge in [-0.2, -0.15) is 0 Å². The lowest BCUT2D eigenvalue weighted by Gasteiger charge is -2.04. The van der Waals surface area contributed by atoms with Crippen molar-refractivity contribution in [1.29, 1.82) is 0 Å². The van der Waals surface area contributed by atoms with E-state index in [4.69, 9.17) is 11.6 Å². The lowest BCUT2D eigenvalue weighted by Crippen LogP contribution is -2.36. The molecule has 9 heavy (non-hydrogen) atoms. The predicted molar refractivity (Wildman–Crippen MR) is 34.8 cm³/mol. The van der Waals surface area contributed by atoms with Crippen molar-refractivity contribution in [1.82, 2.24) is 5.32 Å². The van der Waals surface area contributed by atoms with Gasteiger partial charge in [0, 0.05) is 1.37 Å². The smallest absolute Gasteiger partial charge is 0.323 e. The Labute approximate surface area is 60.7 Å². The van der Waals surface area contributed by atoms with Crippen LogP contribution in [0.2, 0.25) is 0 Å². The van der Waals surface area contributed by atoms with Gasteiger partial charge in [-0.05, 0) is 7.02 Å². The summed E-state index contributed by atoms with van der Waals surface area (Å²) in [5.41, 5.74) is 0. The second-order valence-corrected chi connectivity index (χ2v) is 1.28. The highest BCUT2D eigenvalue weighted by molar-refractivity contribution is 5.85. The number of carboxylic acid groups (broad SMARTS) is 1. The molecular weight excluding hydrogens is 146 g/mol. The van der Waals surface area contributed by atoms with Gasteiger partial charge in [-0.3, -0.25) is 4.79 Å². The van der Waals surface area contributed by atoms with Gasteiger partial charge in [0.2, 0.25) is 0 Å². The standard InChI is InChI=1S/C4H9NO3.ClH/c1-5-3(2-6)4(7)8;/h3,5-6H,2H2,1H3,(H,7,8);1H/t3-;/m0./s1/i1D;. The highest BCUT2D eigenvalue weighted by Crippen LogP contribution is 1.76. The molecule has 0 saturated carbocycles. The van der Waals surface area contributed by atoms with Crippen molar-refractivity contribution in [3.63, 3.8) is 0 Å². The first-order valence-corrected chi connectivity index (χ1v) is 2.08. The minimum atomic E-state index is -1.13. The molecule has 0 rings (SSSR count). The molecule has 0 bridgehead atoms. The van der Waals surface area contributed by atoms with Crippen molar-refractivity contribution in [3.05, 3.63) is 0 Å². The van der Waals surface area contributed by atoms with Crippen molar-refractivity contribution < 1.29 is 16.4 Å². The van der Waals surface area contributed by atoms with E-state index in [0.29, 0.717) is 0 Å². The molecule has 0 aliphatic heterocycles. The van der Waals surface area contributed by atoms with Crippen LogP contribution in [0.5, 0.6) is 0 Å². The van der Waals surface area contributed by atoms with Crippen LogP contribution in [0, 0.1) is 0 Å². The van der Waals surface area contributed by atoms with E-state index in [1.165, 1.54) is 0 Å². The summed E-state index contributed by atoms with van der Waals surface area (Å²) in [5.74, 6) is -1.13. The minimum absolute atomic E-state index is 0. The zero-order valence-electron chi connectivity index (χ0n) is 5.70. The number of aliphatic carboxylic acids is 1. The third-order valence-corrected chi connectivity index (χ3v) is 0.727. The summed E-state index contributed by atoms with van der Waals surface area (Å²) in [5, 5.41) is 18.7. The Bertz CT molecular complexity index is 103. The van der Waals surface area contributed by atoms with Crippen LogP contribution in [0.15, 0.2) is 0 Å². The number of nitrogens with one attached hydrogen (secondary N) is 1. The quantitative estimate of drug-likeness (QED) is 0.494. The molecule has 0 saturated heterocycles. The number of aliphatic hydroxyl groups is 1. The van der Waals surface area contributed by atoms with Gasteiger partial charge in [0.15, 0.2) is 0 Å². The number of carboxylic acids is 1. The molecule has 4 nitrogen and oxygen atoms in total. The summed E-state index contributed by atoms with van der Waals surface area (Å²) < 4.78 is 6.54. The van der Waals surface area contributed by atoms with E-state index in [0.717, 1.165) is 0 Å². The molecule has 0 fully saturated rings. The van der Waals surface area contributed by atoms with E-state index in [1.807, 2.05) is 0 Å². The third-order valence-electron chi connectivity index (χ3n) is 0.727. The summed E-state index contributed by atoms with van der Waals surface area (Å²) in [6.07, 6.45) is 0. The second-order valence-electron chi connectivity index (χ2n) is 1.28. The van der Waals surface area contributed by atoms with Gasteiger partial charge < -0.3 is 15.5 Å². The Morgan fingerprint density at radius 2 is 2.56 bits per heavy atom. The first-order chi connectivity index (χ1) is 4.22. The number of rotatable bonds is 3. The number of aliphatic hydroxyl groups excluding tert-OH is 1. The van der Waals surface area contributed by atoms with Crippen molar-refractivity contribution in [2.24, 2.45) is 0 Å². The Morgan fingerprint density at radius 3 is 2.67 bits per heavy atom. The van der Waals surface area contributed by atoms with E-state index in [1.54, 1.807) is 0 Å². The van der Waals surface area contributed by atoms with Gasteiger partial charge in [0.1, 0.15) is 6.04 Å². The first-order valence-electron chi connectivity index (χ1n) is 2.79. The van der Waals surface area contributed by atoms with Crippen LogP contribution in [0.25, 0.3) is 0 Å². The van der Waals surface area contributed by atoms with Crippen LogP contribution >= 0.6 is 12.4 Å². The maximum absolute atomic E-state index is 10.0. The zero-order chi connectivity index (χ0) is 7.28. The van der Waals surface area contributed by atoms with E-state index < -0.39 is 18.6 Å². The fraction of sp³-hybridized carbons (Fsp3) is 0.750. The van der Waals surface area contributed by atoms with E-state index in [2.05, 4.69) is 5.32 Å². The topological polar surface area (TPSA) is 69.6 Å². The molecule has 0 radical (unpaired) electrons. The zero-order valence-corrected chi connectivity index (χ0v) is 5.52. The number of hydrogen-bond donors (Lipinski definition) is 3. The molecule has 1 atom stereocenters. The molecule has 0 heterocycles. The summed E-state index contributed by atoms with van der Waals surface area (Å²) in [6, 6.07) is -0.998. The van der Waals surface area contributed by atoms with Crippen LogP contribution < -0.4 is 5.32 Å². The van der Waals surface area contributed by atoms with Crippen LogP contribution in [0.4, 0.5) is 0 Å². The molecule has 3 N–H and O–H groups in total. The molecule has 0 unspecified atom stereocenters. The van der Waals surface area contributed by atoms with Gasteiger partial charge in [0.05, 0.1) is 6.61 Å². The molecule has 0 spiro atoms. The van der Waals surface area contributed by atoms with Gasteiger partial charge in [-0.15, -0.1) is 12.4 Å². The molecule has 0 aromatic rings. The van der Waals surface area contributed by atoms with E-state index in [9.17, 15) is 4.79 Å². The number of carbonyl (C=O) groups is 1. The Hall–Kier alpha value is -0.320. The summed E-state index contributed by atoms with van der Waals surface area (Å²) in [7, 11) is -0.197. The number of hydrogen-bond acceptors (Lipinski definition) is 3.